The van der Waals surface area contributed by atoms with E-state index in [1.54, 1.807) is 18.2 Å². The Morgan fingerprint density at radius 3 is 2.28 bits per heavy atom. The second kappa shape index (κ2) is 10.6. The molecule has 0 saturated heterocycles. The summed E-state index contributed by atoms with van der Waals surface area (Å²) in [5.74, 6) is 0.0268. The van der Waals surface area contributed by atoms with Crippen molar-refractivity contribution in [2.75, 3.05) is 18.1 Å². The highest BCUT2D eigenvalue weighted by molar-refractivity contribution is 7.90. The van der Waals surface area contributed by atoms with E-state index in [0.29, 0.717) is 11.6 Å². The van der Waals surface area contributed by atoms with Gasteiger partial charge < -0.3 is 10.6 Å². The highest BCUT2D eigenvalue weighted by atomic mass is 32.2. The molecule has 2 N–H and O–H groups in total. The Bertz CT molecular complexity index is 906. The Balaban J connectivity index is 2.03. The first-order valence-electron chi connectivity index (χ1n) is 10.1. The standard InChI is InChI=1S/C23H32N2O3S/c1-5-6-9-18-12-14-19(15-13-18)23(17(2)3)24-16-22(26)25-20-10-7-8-11-21(20)29(4,27)28/h7-8,10-15,17,23-24H,5-6,9,16H2,1-4H3,(H,25,26)/t23-/m1/s1. The third-order valence-electron chi connectivity index (χ3n) is 4.87. The van der Waals surface area contributed by atoms with Gasteiger partial charge in [-0.05, 0) is 42.0 Å². The zero-order valence-electron chi connectivity index (χ0n) is 17.7. The summed E-state index contributed by atoms with van der Waals surface area (Å²) in [5.41, 5.74) is 2.78. The van der Waals surface area contributed by atoms with Crippen LogP contribution in [0.5, 0.6) is 0 Å². The summed E-state index contributed by atoms with van der Waals surface area (Å²) < 4.78 is 23.8. The third-order valence-corrected chi connectivity index (χ3v) is 6.02. The van der Waals surface area contributed by atoms with Crippen LogP contribution in [0.1, 0.15) is 50.8 Å². The van der Waals surface area contributed by atoms with Crippen molar-refractivity contribution in [3.05, 3.63) is 59.7 Å². The van der Waals surface area contributed by atoms with Gasteiger partial charge in [0.1, 0.15) is 0 Å². The average Bonchev–Trinajstić information content (AvgIpc) is 2.66. The molecule has 0 radical (unpaired) electrons. The van der Waals surface area contributed by atoms with E-state index in [-0.39, 0.29) is 23.4 Å². The molecule has 2 rings (SSSR count). The van der Waals surface area contributed by atoms with Crippen molar-refractivity contribution < 1.29 is 13.2 Å². The van der Waals surface area contributed by atoms with Gasteiger partial charge in [-0.1, -0.05) is 63.6 Å². The molecule has 2 aromatic carbocycles. The number of nitrogens with one attached hydrogen (secondary N) is 2. The van der Waals surface area contributed by atoms with Crippen LogP contribution in [0.4, 0.5) is 5.69 Å². The fraction of sp³-hybridized carbons (Fsp3) is 0.435. The maximum absolute atomic E-state index is 12.5. The van der Waals surface area contributed by atoms with E-state index in [4.69, 9.17) is 0 Å². The van der Waals surface area contributed by atoms with Gasteiger partial charge in [0, 0.05) is 12.3 Å². The van der Waals surface area contributed by atoms with Crippen molar-refractivity contribution in [2.45, 2.75) is 51.0 Å². The molecular weight excluding hydrogens is 384 g/mol. The highest BCUT2D eigenvalue weighted by Gasteiger charge is 2.18. The van der Waals surface area contributed by atoms with Gasteiger partial charge >= 0.3 is 0 Å². The smallest absolute Gasteiger partial charge is 0.238 e. The second-order valence-corrected chi connectivity index (χ2v) is 9.75. The lowest BCUT2D eigenvalue weighted by Crippen LogP contribution is -2.33. The van der Waals surface area contributed by atoms with Crippen molar-refractivity contribution in [1.29, 1.82) is 0 Å². The number of aryl methyl sites for hydroxylation is 1. The van der Waals surface area contributed by atoms with Crippen molar-refractivity contribution in [3.8, 4) is 0 Å². The summed E-state index contributed by atoms with van der Waals surface area (Å²) in [7, 11) is -3.41. The molecule has 5 nitrogen and oxygen atoms in total. The van der Waals surface area contributed by atoms with Gasteiger partial charge in [0.2, 0.25) is 5.91 Å². The van der Waals surface area contributed by atoms with Crippen LogP contribution in [-0.4, -0.2) is 27.1 Å². The van der Waals surface area contributed by atoms with Crippen molar-refractivity contribution in [2.24, 2.45) is 5.92 Å². The molecule has 0 aliphatic rings. The van der Waals surface area contributed by atoms with Crippen molar-refractivity contribution in [3.63, 3.8) is 0 Å². The van der Waals surface area contributed by atoms with Gasteiger partial charge in [0.15, 0.2) is 9.84 Å². The Labute approximate surface area is 174 Å². The molecule has 1 amide bonds. The lowest BCUT2D eigenvalue weighted by Gasteiger charge is -2.23. The molecule has 0 unspecified atom stereocenters. The number of anilines is 1. The highest BCUT2D eigenvalue weighted by Crippen LogP contribution is 2.23. The number of carbonyl (C=O) groups excluding carboxylic acids is 1. The number of unbranched alkanes of at least 4 members (excludes halogenated alkanes) is 1. The van der Waals surface area contributed by atoms with E-state index in [0.717, 1.165) is 18.2 Å². The first kappa shape index (κ1) is 23.1. The number of carbonyl (C=O) groups is 1. The summed E-state index contributed by atoms with van der Waals surface area (Å²) in [6, 6.07) is 15.0. The van der Waals surface area contributed by atoms with Crippen LogP contribution < -0.4 is 10.6 Å². The SMILES string of the molecule is CCCCc1ccc([C@H](NCC(=O)Nc2ccccc2S(C)(=O)=O)C(C)C)cc1. The Kier molecular flexibility index (Phi) is 8.41. The van der Waals surface area contributed by atoms with E-state index in [9.17, 15) is 13.2 Å². The van der Waals surface area contributed by atoms with E-state index < -0.39 is 9.84 Å². The zero-order chi connectivity index (χ0) is 21.4. The molecule has 6 heteroatoms. The van der Waals surface area contributed by atoms with Crippen molar-refractivity contribution in [1.82, 2.24) is 5.32 Å². The van der Waals surface area contributed by atoms with Crippen LogP contribution in [0.25, 0.3) is 0 Å². The van der Waals surface area contributed by atoms with Gasteiger partial charge in [-0.15, -0.1) is 0 Å². The predicted molar refractivity (Wildman–Crippen MR) is 119 cm³/mol. The van der Waals surface area contributed by atoms with Crippen LogP contribution in [0.2, 0.25) is 0 Å². The first-order chi connectivity index (χ1) is 13.7. The maximum Gasteiger partial charge on any atom is 0.238 e. The molecule has 0 saturated carbocycles. The summed E-state index contributed by atoms with van der Waals surface area (Å²) in [6.07, 6.45) is 4.57. The molecule has 29 heavy (non-hydrogen) atoms. The van der Waals surface area contributed by atoms with Crippen molar-refractivity contribution >= 4 is 21.4 Å². The Morgan fingerprint density at radius 2 is 1.69 bits per heavy atom. The molecule has 2 aromatic rings. The van der Waals surface area contributed by atoms with E-state index >= 15 is 0 Å². The molecule has 158 valence electrons. The van der Waals surface area contributed by atoms with Gasteiger partial charge in [-0.2, -0.15) is 0 Å². The van der Waals surface area contributed by atoms with E-state index in [1.165, 1.54) is 24.5 Å². The minimum Gasteiger partial charge on any atom is -0.324 e. The number of sulfone groups is 1. The number of rotatable bonds is 10. The monoisotopic (exact) mass is 416 g/mol. The Hall–Kier alpha value is -2.18. The summed E-state index contributed by atoms with van der Waals surface area (Å²) in [6.45, 7) is 6.50. The van der Waals surface area contributed by atoms with Crippen LogP contribution in [0.3, 0.4) is 0 Å². The number of hydrogen-bond acceptors (Lipinski definition) is 4. The fourth-order valence-electron chi connectivity index (χ4n) is 3.30. The van der Waals surface area contributed by atoms with Crippen LogP contribution >= 0.6 is 0 Å². The number of hydrogen-bond donors (Lipinski definition) is 2. The molecule has 0 aliphatic heterocycles. The molecule has 0 spiro atoms. The summed E-state index contributed by atoms with van der Waals surface area (Å²) in [5, 5.41) is 6.03. The maximum atomic E-state index is 12.5. The van der Waals surface area contributed by atoms with Gasteiger partial charge in [-0.25, -0.2) is 8.42 Å². The second-order valence-electron chi connectivity index (χ2n) is 7.76. The normalized spacial score (nSPS) is 12.7. The fourth-order valence-corrected chi connectivity index (χ4v) is 4.15. The minimum atomic E-state index is -3.41. The zero-order valence-corrected chi connectivity index (χ0v) is 18.6. The van der Waals surface area contributed by atoms with E-state index in [2.05, 4.69) is 55.7 Å². The number of amides is 1. The quantitative estimate of drug-likeness (QED) is 0.603. The lowest BCUT2D eigenvalue weighted by molar-refractivity contribution is -0.115. The molecule has 1 atom stereocenters. The lowest BCUT2D eigenvalue weighted by atomic mass is 9.94. The number of benzene rings is 2. The van der Waals surface area contributed by atoms with Gasteiger partial charge in [0.25, 0.3) is 0 Å². The largest absolute Gasteiger partial charge is 0.324 e. The molecule has 0 aromatic heterocycles. The summed E-state index contributed by atoms with van der Waals surface area (Å²) in [4.78, 5) is 12.6. The molecule has 0 heterocycles. The predicted octanol–water partition coefficient (Wildman–Crippen LogP) is 4.36. The van der Waals surface area contributed by atoms with E-state index in [1.807, 2.05) is 0 Å². The van der Waals surface area contributed by atoms with Crippen LogP contribution in [0.15, 0.2) is 53.4 Å². The number of para-hydroxylation sites is 1. The van der Waals surface area contributed by atoms with Crippen LogP contribution in [-0.2, 0) is 21.1 Å². The first-order valence-corrected chi connectivity index (χ1v) is 12.0. The molecule has 0 aliphatic carbocycles. The molecular formula is C23H32N2O3S. The van der Waals surface area contributed by atoms with Gasteiger partial charge in [-0.3, -0.25) is 4.79 Å². The van der Waals surface area contributed by atoms with Crippen LogP contribution in [0, 0.1) is 5.92 Å². The Morgan fingerprint density at radius 1 is 1.03 bits per heavy atom. The topological polar surface area (TPSA) is 75.3 Å². The third kappa shape index (κ3) is 6.98. The van der Waals surface area contributed by atoms with Gasteiger partial charge in [0.05, 0.1) is 17.1 Å². The average molecular weight is 417 g/mol. The minimum absolute atomic E-state index is 0.0335. The molecule has 0 fully saturated rings. The molecule has 0 bridgehead atoms. The summed E-state index contributed by atoms with van der Waals surface area (Å²) >= 11 is 0.